The van der Waals surface area contributed by atoms with Gasteiger partial charge in [0.15, 0.2) is 0 Å². The molecule has 2 aliphatic rings. The van der Waals surface area contributed by atoms with Crippen LogP contribution in [0.15, 0.2) is 0 Å². The van der Waals surface area contributed by atoms with E-state index in [0.717, 1.165) is 38.0 Å². The Bertz CT molecular complexity index is 170. The van der Waals surface area contributed by atoms with Crippen LogP contribution in [0.25, 0.3) is 0 Å². The molecule has 0 heterocycles. The molecule has 3 heteroatoms. The highest BCUT2D eigenvalue weighted by atomic mass is 32.2. The molecule has 0 aliphatic heterocycles. The van der Waals surface area contributed by atoms with Crippen LogP contribution >= 0.6 is 0 Å². The summed E-state index contributed by atoms with van der Waals surface area (Å²) in [5.74, 6) is 0.734. The first-order valence-corrected chi connectivity index (χ1v) is 4.90. The van der Waals surface area contributed by atoms with E-state index < -0.39 is 11.1 Å². The molecule has 58 valence electrons. The van der Waals surface area contributed by atoms with Gasteiger partial charge in [0.25, 0.3) is 0 Å². The van der Waals surface area contributed by atoms with Crippen LogP contribution in [0.2, 0.25) is 0 Å². The average molecular weight is 159 g/mol. The van der Waals surface area contributed by atoms with Crippen molar-refractivity contribution in [1.82, 2.24) is 0 Å². The highest BCUT2D eigenvalue weighted by molar-refractivity contribution is 7.80. The van der Waals surface area contributed by atoms with Crippen molar-refractivity contribution in [1.29, 1.82) is 0 Å². The second-order valence-electron chi connectivity index (χ2n) is 3.57. The molecule has 0 amide bonds. The Labute approximate surface area is 63.3 Å². The summed E-state index contributed by atoms with van der Waals surface area (Å²) in [6.45, 7) is 0. The normalized spacial score (nSPS) is 47.9. The maximum absolute atomic E-state index is 10.8. The van der Waals surface area contributed by atoms with Crippen molar-refractivity contribution >= 4 is 11.1 Å². The van der Waals surface area contributed by atoms with Gasteiger partial charge < -0.3 is 4.55 Å². The van der Waals surface area contributed by atoms with E-state index in [1.165, 1.54) is 0 Å². The minimum Gasteiger partial charge on any atom is -0.772 e. The number of hydrogen-bond donors (Lipinski definition) is 0. The van der Waals surface area contributed by atoms with Crippen LogP contribution in [0, 0.1) is 5.92 Å². The Balaban J connectivity index is 2.23. The molecule has 2 nitrogen and oxygen atoms in total. The van der Waals surface area contributed by atoms with Crippen LogP contribution in [-0.4, -0.2) is 13.5 Å². The summed E-state index contributed by atoms with van der Waals surface area (Å²) < 4.78 is 21.3. The molecule has 1 atom stereocenters. The van der Waals surface area contributed by atoms with E-state index in [2.05, 4.69) is 0 Å². The first kappa shape index (κ1) is 6.80. The summed E-state index contributed by atoms with van der Waals surface area (Å²) in [4.78, 5) is 0. The molecule has 0 N–H and O–H groups in total. The van der Waals surface area contributed by atoms with E-state index in [1.54, 1.807) is 0 Å². The molecule has 0 aromatic rings. The van der Waals surface area contributed by atoms with Gasteiger partial charge in [0.1, 0.15) is 0 Å². The lowest BCUT2D eigenvalue weighted by molar-refractivity contribution is 0.452. The van der Waals surface area contributed by atoms with Crippen molar-refractivity contribution in [3.05, 3.63) is 0 Å². The van der Waals surface area contributed by atoms with Crippen molar-refractivity contribution in [3.8, 4) is 0 Å². The van der Waals surface area contributed by atoms with Gasteiger partial charge in [0.05, 0.1) is 0 Å². The fourth-order valence-corrected chi connectivity index (χ4v) is 3.31. The summed E-state index contributed by atoms with van der Waals surface area (Å²) in [7, 11) is 0. The van der Waals surface area contributed by atoms with Gasteiger partial charge in [-0.3, -0.25) is 4.21 Å². The Kier molecular flexibility index (Phi) is 1.39. The van der Waals surface area contributed by atoms with Crippen molar-refractivity contribution in [2.24, 2.45) is 5.92 Å². The summed E-state index contributed by atoms with van der Waals surface area (Å²) in [6, 6.07) is 0. The molecule has 10 heavy (non-hydrogen) atoms. The predicted molar refractivity (Wildman–Crippen MR) is 38.2 cm³/mol. The Hall–Kier alpha value is 0.110. The quantitative estimate of drug-likeness (QED) is 0.539. The van der Waals surface area contributed by atoms with Gasteiger partial charge in [-0.1, -0.05) is 0 Å². The largest absolute Gasteiger partial charge is 0.772 e. The molecule has 2 fully saturated rings. The maximum atomic E-state index is 10.8. The highest BCUT2D eigenvalue weighted by Gasteiger charge is 2.45. The lowest BCUT2D eigenvalue weighted by Gasteiger charge is -2.28. The van der Waals surface area contributed by atoms with Crippen LogP contribution in [0.1, 0.15) is 32.1 Å². The van der Waals surface area contributed by atoms with Crippen molar-refractivity contribution in [2.75, 3.05) is 0 Å². The zero-order valence-corrected chi connectivity index (χ0v) is 6.65. The van der Waals surface area contributed by atoms with E-state index in [9.17, 15) is 8.76 Å². The summed E-state index contributed by atoms with van der Waals surface area (Å²) in [5.41, 5.74) is 0. The molecule has 1 unspecified atom stereocenters. The van der Waals surface area contributed by atoms with E-state index in [4.69, 9.17) is 0 Å². The first-order valence-electron chi connectivity index (χ1n) is 3.82. The van der Waals surface area contributed by atoms with Crippen molar-refractivity contribution in [3.63, 3.8) is 0 Å². The van der Waals surface area contributed by atoms with Gasteiger partial charge in [0.2, 0.25) is 0 Å². The third kappa shape index (κ3) is 0.768. The van der Waals surface area contributed by atoms with Crippen molar-refractivity contribution < 1.29 is 8.76 Å². The SMILES string of the molecule is O=S([O-])C12CCC(CC1)C2. The Morgan fingerprint density at radius 2 is 2.00 bits per heavy atom. The minimum absolute atomic E-state index is 0.273. The van der Waals surface area contributed by atoms with Crippen molar-refractivity contribution in [2.45, 2.75) is 36.9 Å². The van der Waals surface area contributed by atoms with Gasteiger partial charge >= 0.3 is 0 Å². The van der Waals surface area contributed by atoms with E-state index in [1.807, 2.05) is 0 Å². The van der Waals surface area contributed by atoms with Crippen LogP contribution in [0.3, 0.4) is 0 Å². The van der Waals surface area contributed by atoms with Crippen LogP contribution in [0.5, 0.6) is 0 Å². The summed E-state index contributed by atoms with van der Waals surface area (Å²) >= 11 is -1.81. The van der Waals surface area contributed by atoms with E-state index in [-0.39, 0.29) is 4.75 Å². The van der Waals surface area contributed by atoms with Crippen LogP contribution in [0.4, 0.5) is 0 Å². The zero-order chi connectivity index (χ0) is 7.19. The Morgan fingerprint density at radius 3 is 2.20 bits per heavy atom. The van der Waals surface area contributed by atoms with Gasteiger partial charge in [0, 0.05) is 4.75 Å². The standard InChI is InChI=1S/C7H12O2S/c8-10(9)7-3-1-6(5-7)2-4-7/h6H,1-5H2,(H,8,9)/p-1. The highest BCUT2D eigenvalue weighted by Crippen LogP contribution is 2.50. The zero-order valence-electron chi connectivity index (χ0n) is 5.84. The topological polar surface area (TPSA) is 40.1 Å². The molecule has 0 spiro atoms. The van der Waals surface area contributed by atoms with Crippen LogP contribution < -0.4 is 0 Å². The number of rotatable bonds is 1. The smallest absolute Gasteiger partial charge is 0.0330 e. The third-order valence-electron chi connectivity index (χ3n) is 3.03. The molecule has 0 aromatic heterocycles. The fourth-order valence-electron chi connectivity index (χ4n) is 2.37. The van der Waals surface area contributed by atoms with Gasteiger partial charge in [-0.2, -0.15) is 0 Å². The molecule has 0 aromatic carbocycles. The second kappa shape index (κ2) is 2.05. The fraction of sp³-hybridized carbons (Fsp3) is 1.00. The minimum atomic E-state index is -1.81. The second-order valence-corrected chi connectivity index (χ2v) is 4.90. The summed E-state index contributed by atoms with van der Waals surface area (Å²) in [6.07, 6.45) is 5.09. The average Bonchev–Trinajstić information content (AvgIpc) is 2.45. The lowest BCUT2D eigenvalue weighted by atomic mass is 10.0. The summed E-state index contributed by atoms with van der Waals surface area (Å²) in [5, 5.41) is 0. The molecule has 2 saturated carbocycles. The molecule has 2 bridgehead atoms. The van der Waals surface area contributed by atoms with Gasteiger partial charge in [-0.25, -0.2) is 0 Å². The number of fused-ring (bicyclic) bond motifs is 2. The molecule has 0 saturated heterocycles. The Morgan fingerprint density at radius 1 is 1.40 bits per heavy atom. The molecule has 0 radical (unpaired) electrons. The maximum Gasteiger partial charge on any atom is 0.0330 e. The van der Waals surface area contributed by atoms with E-state index in [0.29, 0.717) is 0 Å². The molecular formula is C7H11O2S-. The molecular weight excluding hydrogens is 148 g/mol. The van der Waals surface area contributed by atoms with Gasteiger partial charge in [-0.05, 0) is 49.1 Å². The third-order valence-corrected chi connectivity index (χ3v) is 4.31. The lowest BCUT2D eigenvalue weighted by Crippen LogP contribution is -2.28. The van der Waals surface area contributed by atoms with Gasteiger partial charge in [-0.15, -0.1) is 0 Å². The van der Waals surface area contributed by atoms with E-state index >= 15 is 0 Å². The first-order chi connectivity index (χ1) is 4.73. The molecule has 2 aliphatic carbocycles. The number of hydrogen-bond acceptors (Lipinski definition) is 2. The molecule has 2 rings (SSSR count). The predicted octanol–water partition coefficient (Wildman–Crippen LogP) is 1.20. The van der Waals surface area contributed by atoms with Crippen LogP contribution in [-0.2, 0) is 11.1 Å². The monoisotopic (exact) mass is 159 g/mol.